The molecule has 0 radical (unpaired) electrons. The number of carbonyl (C=O) groups excluding carboxylic acids is 2. The fraction of sp³-hybridized carbons (Fsp3) is 0.182. The van der Waals surface area contributed by atoms with Crippen molar-refractivity contribution in [3.8, 4) is 11.3 Å². The van der Waals surface area contributed by atoms with Gasteiger partial charge in [0.05, 0.1) is 17.2 Å². The van der Waals surface area contributed by atoms with Crippen LogP contribution in [0.15, 0.2) is 59.0 Å². The molecule has 1 aromatic heterocycles. The molecule has 3 rings (SSSR count). The molecule has 3 aromatic rings. The van der Waals surface area contributed by atoms with Gasteiger partial charge in [0.15, 0.2) is 5.76 Å². The van der Waals surface area contributed by atoms with Crippen LogP contribution >= 0.6 is 23.2 Å². The van der Waals surface area contributed by atoms with Crippen LogP contribution in [0.5, 0.6) is 0 Å². The van der Waals surface area contributed by atoms with Crippen molar-refractivity contribution in [3.05, 3.63) is 76.0 Å². The number of hydrogen-bond acceptors (Lipinski definition) is 4. The lowest BCUT2D eigenvalue weighted by atomic mass is 10.2. The molecule has 150 valence electrons. The van der Waals surface area contributed by atoms with Gasteiger partial charge in [-0.2, -0.15) is 0 Å². The zero-order chi connectivity index (χ0) is 20.8. The minimum atomic E-state index is -0.423. The molecule has 2 aromatic carbocycles. The summed E-state index contributed by atoms with van der Waals surface area (Å²) in [7, 11) is 0. The van der Waals surface area contributed by atoms with Gasteiger partial charge >= 0.3 is 5.97 Å². The van der Waals surface area contributed by atoms with Crippen molar-refractivity contribution in [2.75, 3.05) is 11.9 Å². The minimum Gasteiger partial charge on any atom is -0.462 e. The number of nitrogens with one attached hydrogen (secondary N) is 1. The molecule has 0 spiro atoms. The van der Waals surface area contributed by atoms with Gasteiger partial charge in [-0.1, -0.05) is 36.5 Å². The molecule has 1 amide bonds. The average molecular weight is 432 g/mol. The van der Waals surface area contributed by atoms with E-state index in [1.165, 1.54) is 0 Å². The Bertz CT molecular complexity index is 1010. The molecule has 0 bridgehead atoms. The third-order valence-corrected chi connectivity index (χ3v) is 4.70. The summed E-state index contributed by atoms with van der Waals surface area (Å²) in [5.74, 6) is -0.245. The topological polar surface area (TPSA) is 68.5 Å². The number of amides is 1. The van der Waals surface area contributed by atoms with Crippen LogP contribution in [0.3, 0.4) is 0 Å². The van der Waals surface area contributed by atoms with Gasteiger partial charge in [-0.05, 0) is 61.0 Å². The van der Waals surface area contributed by atoms with E-state index < -0.39 is 5.91 Å². The van der Waals surface area contributed by atoms with E-state index >= 15 is 0 Å². The summed E-state index contributed by atoms with van der Waals surface area (Å²) < 4.78 is 10.8. The van der Waals surface area contributed by atoms with Gasteiger partial charge in [0.1, 0.15) is 5.76 Å². The Labute approximate surface area is 178 Å². The maximum atomic E-state index is 12.4. The Morgan fingerprint density at radius 3 is 2.52 bits per heavy atom. The lowest BCUT2D eigenvalue weighted by Crippen LogP contribution is -2.11. The molecule has 29 heavy (non-hydrogen) atoms. The van der Waals surface area contributed by atoms with E-state index in [1.807, 2.05) is 6.92 Å². The summed E-state index contributed by atoms with van der Waals surface area (Å²) in [5, 5.41) is 3.71. The molecule has 0 aliphatic heterocycles. The molecule has 1 heterocycles. The second-order valence-electron chi connectivity index (χ2n) is 6.31. The largest absolute Gasteiger partial charge is 0.462 e. The monoisotopic (exact) mass is 431 g/mol. The number of benzene rings is 2. The molecular formula is C22H19Cl2NO4. The first kappa shape index (κ1) is 21.0. The Kier molecular flexibility index (Phi) is 6.96. The first-order valence-corrected chi connectivity index (χ1v) is 9.87. The number of carbonyl (C=O) groups is 2. The normalized spacial score (nSPS) is 10.6. The Morgan fingerprint density at radius 2 is 1.79 bits per heavy atom. The van der Waals surface area contributed by atoms with Gasteiger partial charge < -0.3 is 14.5 Å². The second kappa shape index (κ2) is 9.63. The van der Waals surface area contributed by atoms with Crippen LogP contribution in [-0.2, 0) is 4.74 Å². The van der Waals surface area contributed by atoms with Crippen LogP contribution in [-0.4, -0.2) is 18.5 Å². The Hall–Kier alpha value is -2.76. The van der Waals surface area contributed by atoms with Crippen molar-refractivity contribution >= 4 is 40.8 Å². The van der Waals surface area contributed by atoms with Gasteiger partial charge in [0.25, 0.3) is 5.91 Å². The van der Waals surface area contributed by atoms with Crippen molar-refractivity contribution in [2.24, 2.45) is 0 Å². The third-order valence-electron chi connectivity index (χ3n) is 4.13. The number of esters is 1. The van der Waals surface area contributed by atoms with E-state index in [1.54, 1.807) is 54.6 Å². The quantitative estimate of drug-likeness (QED) is 0.344. The molecule has 7 heteroatoms. The second-order valence-corrected chi connectivity index (χ2v) is 7.15. The number of hydrogen-bond donors (Lipinski definition) is 1. The highest BCUT2D eigenvalue weighted by Crippen LogP contribution is 2.32. The van der Waals surface area contributed by atoms with Crippen LogP contribution in [0.25, 0.3) is 11.3 Å². The number of anilines is 1. The fourth-order valence-corrected chi connectivity index (χ4v) is 2.95. The van der Waals surface area contributed by atoms with Gasteiger partial charge in [0.2, 0.25) is 0 Å². The van der Waals surface area contributed by atoms with Gasteiger partial charge in [0, 0.05) is 16.3 Å². The SMILES string of the molecule is CCCCOC(=O)c1ccc(NC(=O)c2ccc(-c3cc(Cl)ccc3Cl)o2)cc1. The van der Waals surface area contributed by atoms with E-state index in [9.17, 15) is 9.59 Å². The van der Waals surface area contributed by atoms with Crippen molar-refractivity contribution < 1.29 is 18.7 Å². The zero-order valence-corrected chi connectivity index (χ0v) is 17.2. The predicted molar refractivity (Wildman–Crippen MR) is 114 cm³/mol. The molecule has 0 atom stereocenters. The van der Waals surface area contributed by atoms with E-state index in [0.717, 1.165) is 12.8 Å². The lowest BCUT2D eigenvalue weighted by Gasteiger charge is -2.06. The molecule has 1 N–H and O–H groups in total. The summed E-state index contributed by atoms with van der Waals surface area (Å²) in [6, 6.07) is 14.7. The van der Waals surface area contributed by atoms with Gasteiger partial charge in [-0.25, -0.2) is 4.79 Å². The number of halogens is 2. The van der Waals surface area contributed by atoms with Crippen molar-refractivity contribution in [1.82, 2.24) is 0 Å². The predicted octanol–water partition coefficient (Wildman–Crippen LogP) is 6.46. The molecule has 0 aliphatic carbocycles. The average Bonchev–Trinajstić information content (AvgIpc) is 3.20. The van der Waals surface area contributed by atoms with E-state index in [2.05, 4.69) is 5.32 Å². The fourth-order valence-electron chi connectivity index (χ4n) is 2.57. The molecule has 0 saturated heterocycles. The molecule has 5 nitrogen and oxygen atoms in total. The smallest absolute Gasteiger partial charge is 0.338 e. The molecule has 0 aliphatic rings. The van der Waals surface area contributed by atoms with Crippen LogP contribution < -0.4 is 5.32 Å². The summed E-state index contributed by atoms with van der Waals surface area (Å²) >= 11 is 12.2. The third kappa shape index (κ3) is 5.40. The highest BCUT2D eigenvalue weighted by atomic mass is 35.5. The number of rotatable bonds is 7. The molecule has 0 saturated carbocycles. The van der Waals surface area contributed by atoms with Crippen LogP contribution in [0.2, 0.25) is 10.0 Å². The van der Waals surface area contributed by atoms with Crippen LogP contribution in [0, 0.1) is 0 Å². The molecule has 0 unspecified atom stereocenters. The number of ether oxygens (including phenoxy) is 1. The highest BCUT2D eigenvalue weighted by molar-refractivity contribution is 6.35. The summed E-state index contributed by atoms with van der Waals surface area (Å²) in [5.41, 5.74) is 1.55. The Morgan fingerprint density at radius 1 is 1.03 bits per heavy atom. The molecular weight excluding hydrogens is 413 g/mol. The van der Waals surface area contributed by atoms with Gasteiger partial charge in [-0.3, -0.25) is 4.79 Å². The maximum absolute atomic E-state index is 12.4. The standard InChI is InChI=1S/C22H19Cl2NO4/c1-2-3-12-28-22(27)14-4-7-16(8-5-14)25-21(26)20-11-10-19(29-20)17-13-15(23)6-9-18(17)24/h4-11,13H,2-3,12H2,1H3,(H,25,26). The van der Waals surface area contributed by atoms with Crippen LogP contribution in [0.4, 0.5) is 5.69 Å². The first-order valence-electron chi connectivity index (χ1n) is 9.11. The van der Waals surface area contributed by atoms with E-state index in [4.69, 9.17) is 32.4 Å². The van der Waals surface area contributed by atoms with E-state index in [0.29, 0.717) is 39.2 Å². The van der Waals surface area contributed by atoms with E-state index in [-0.39, 0.29) is 11.7 Å². The summed E-state index contributed by atoms with van der Waals surface area (Å²) in [6.45, 7) is 2.42. The van der Waals surface area contributed by atoms with Gasteiger partial charge in [-0.15, -0.1) is 0 Å². The number of unbranched alkanes of at least 4 members (excludes halogenated alkanes) is 1. The first-order chi connectivity index (χ1) is 14.0. The minimum absolute atomic E-state index is 0.124. The Balaban J connectivity index is 1.66. The van der Waals surface area contributed by atoms with Crippen molar-refractivity contribution in [3.63, 3.8) is 0 Å². The zero-order valence-electron chi connectivity index (χ0n) is 15.7. The highest BCUT2D eigenvalue weighted by Gasteiger charge is 2.15. The van der Waals surface area contributed by atoms with Crippen molar-refractivity contribution in [1.29, 1.82) is 0 Å². The van der Waals surface area contributed by atoms with Crippen molar-refractivity contribution in [2.45, 2.75) is 19.8 Å². The van der Waals surface area contributed by atoms with Crippen LogP contribution in [0.1, 0.15) is 40.7 Å². The molecule has 0 fully saturated rings. The summed E-state index contributed by atoms with van der Waals surface area (Å²) in [6.07, 6.45) is 1.78. The lowest BCUT2D eigenvalue weighted by molar-refractivity contribution is 0.0499. The maximum Gasteiger partial charge on any atom is 0.338 e. The summed E-state index contributed by atoms with van der Waals surface area (Å²) in [4.78, 5) is 24.4. The number of furan rings is 1.